The highest BCUT2D eigenvalue weighted by molar-refractivity contribution is 7.10. The number of rotatable bonds is 5. The Balaban J connectivity index is 1.31. The highest BCUT2D eigenvalue weighted by Gasteiger charge is 2.43. The topological polar surface area (TPSA) is 41.6 Å². The lowest BCUT2D eigenvalue weighted by molar-refractivity contribution is 0.0904. The molecule has 3 heterocycles. The van der Waals surface area contributed by atoms with Gasteiger partial charge in [-0.25, -0.2) is 0 Å². The van der Waals surface area contributed by atoms with E-state index in [9.17, 15) is 4.79 Å². The fraction of sp³-hybridized carbons (Fsp3) is 0.450. The van der Waals surface area contributed by atoms with Crippen LogP contribution >= 0.6 is 11.3 Å². The van der Waals surface area contributed by atoms with Gasteiger partial charge >= 0.3 is 0 Å². The maximum Gasteiger partial charge on any atom is 0.251 e. The van der Waals surface area contributed by atoms with Crippen LogP contribution < -0.4 is 5.32 Å². The predicted molar refractivity (Wildman–Crippen MR) is 99.8 cm³/mol. The highest BCUT2D eigenvalue weighted by Crippen LogP contribution is 2.34. The Kier molecular flexibility index (Phi) is 4.88. The molecule has 0 radical (unpaired) electrons. The Morgan fingerprint density at radius 3 is 2.88 bits per heavy atom. The fourth-order valence-electron chi connectivity index (χ4n) is 3.90. The van der Waals surface area contributed by atoms with E-state index in [0.717, 1.165) is 31.8 Å². The third-order valence-corrected chi connectivity index (χ3v) is 6.42. The van der Waals surface area contributed by atoms with Crippen LogP contribution in [-0.4, -0.2) is 43.2 Å². The van der Waals surface area contributed by atoms with Gasteiger partial charge in [0.1, 0.15) is 0 Å². The van der Waals surface area contributed by atoms with Gasteiger partial charge in [-0.05, 0) is 36.1 Å². The van der Waals surface area contributed by atoms with E-state index in [1.807, 2.05) is 41.7 Å². The average Bonchev–Trinajstić information content (AvgIpc) is 3.31. The van der Waals surface area contributed by atoms with Gasteiger partial charge in [0, 0.05) is 48.5 Å². The molecule has 0 aliphatic carbocycles. The molecule has 3 atom stereocenters. The zero-order valence-electron chi connectivity index (χ0n) is 14.5. The van der Waals surface area contributed by atoms with E-state index in [1.54, 1.807) is 0 Å². The Morgan fingerprint density at radius 2 is 2.12 bits per heavy atom. The van der Waals surface area contributed by atoms with Crippen LogP contribution in [0.1, 0.15) is 20.8 Å². The van der Waals surface area contributed by atoms with E-state index in [4.69, 9.17) is 4.74 Å². The molecule has 0 unspecified atom stereocenters. The number of hydrogen-bond donors (Lipinski definition) is 1. The first kappa shape index (κ1) is 16.8. The zero-order chi connectivity index (χ0) is 17.2. The number of ether oxygens (including phenoxy) is 1. The number of carbonyl (C=O) groups excluding carboxylic acids is 1. The minimum Gasteiger partial charge on any atom is -0.376 e. The first-order valence-electron chi connectivity index (χ1n) is 8.91. The maximum absolute atomic E-state index is 12.2. The molecule has 5 heteroatoms. The molecular weight excluding hydrogens is 332 g/mol. The molecule has 0 bridgehead atoms. The number of nitrogens with one attached hydrogen (secondary N) is 1. The number of fused-ring (bicyclic) bond motifs is 1. The lowest BCUT2D eigenvalue weighted by atomic mass is 9.93. The summed E-state index contributed by atoms with van der Waals surface area (Å²) in [7, 11) is 0. The van der Waals surface area contributed by atoms with Crippen molar-refractivity contribution in [3.63, 3.8) is 0 Å². The van der Waals surface area contributed by atoms with Gasteiger partial charge in [-0.2, -0.15) is 0 Å². The molecule has 4 nitrogen and oxygen atoms in total. The lowest BCUT2D eigenvalue weighted by Crippen LogP contribution is -2.34. The smallest absolute Gasteiger partial charge is 0.251 e. The number of nitrogens with zero attached hydrogens (tertiary/aromatic N) is 1. The number of amides is 1. The van der Waals surface area contributed by atoms with Crippen LogP contribution in [0, 0.1) is 18.8 Å². The molecule has 2 aromatic rings. The normalized spacial score (nSPS) is 25.9. The summed E-state index contributed by atoms with van der Waals surface area (Å²) in [5, 5.41) is 5.25. The van der Waals surface area contributed by atoms with Gasteiger partial charge in [0.05, 0.1) is 12.7 Å². The third kappa shape index (κ3) is 3.64. The summed E-state index contributed by atoms with van der Waals surface area (Å²) in [4.78, 5) is 16.2. The standard InChI is InChI=1S/C20H24N2O2S/c1-14-7-8-25-19(14)12-22-10-17-16(13-24-18(17)11-22)9-21-20(23)15-5-3-2-4-6-15/h2-8,16-18H,9-13H2,1H3,(H,21,23)/t16-,17-,18-/m0/s1. The van der Waals surface area contributed by atoms with E-state index in [-0.39, 0.29) is 5.91 Å². The molecule has 25 heavy (non-hydrogen) atoms. The number of thiophene rings is 1. The van der Waals surface area contributed by atoms with E-state index >= 15 is 0 Å². The molecule has 2 saturated heterocycles. The fourth-order valence-corrected chi connectivity index (χ4v) is 4.85. The molecule has 1 aromatic heterocycles. The van der Waals surface area contributed by atoms with Crippen molar-refractivity contribution in [2.24, 2.45) is 11.8 Å². The monoisotopic (exact) mass is 356 g/mol. The van der Waals surface area contributed by atoms with Crippen LogP contribution in [0.25, 0.3) is 0 Å². The van der Waals surface area contributed by atoms with E-state index in [2.05, 4.69) is 28.6 Å². The molecule has 132 valence electrons. The number of benzene rings is 1. The highest BCUT2D eigenvalue weighted by atomic mass is 32.1. The Morgan fingerprint density at radius 1 is 1.28 bits per heavy atom. The molecule has 0 spiro atoms. The number of likely N-dealkylation sites (tertiary alicyclic amines) is 1. The molecule has 1 amide bonds. The van der Waals surface area contributed by atoms with Crippen LogP contribution in [0.4, 0.5) is 0 Å². The van der Waals surface area contributed by atoms with Crippen molar-refractivity contribution in [2.45, 2.75) is 19.6 Å². The number of carbonyl (C=O) groups is 1. The van der Waals surface area contributed by atoms with Crippen molar-refractivity contribution in [1.29, 1.82) is 0 Å². The van der Waals surface area contributed by atoms with Crippen molar-refractivity contribution >= 4 is 17.2 Å². The van der Waals surface area contributed by atoms with E-state index < -0.39 is 0 Å². The Labute approximate surface area is 152 Å². The van der Waals surface area contributed by atoms with Gasteiger partial charge in [0.25, 0.3) is 5.91 Å². The minimum absolute atomic E-state index is 0.00751. The molecule has 4 rings (SSSR count). The molecule has 1 N–H and O–H groups in total. The predicted octanol–water partition coefficient (Wildman–Crippen LogP) is 2.93. The summed E-state index contributed by atoms with van der Waals surface area (Å²) in [6, 6.07) is 11.6. The van der Waals surface area contributed by atoms with E-state index in [0.29, 0.717) is 24.5 Å². The number of aryl methyl sites for hydroxylation is 1. The van der Waals surface area contributed by atoms with Gasteiger partial charge in [0.2, 0.25) is 0 Å². The van der Waals surface area contributed by atoms with Crippen molar-refractivity contribution in [3.8, 4) is 0 Å². The minimum atomic E-state index is 0.00751. The first-order valence-corrected chi connectivity index (χ1v) is 9.79. The van der Waals surface area contributed by atoms with Crippen molar-refractivity contribution < 1.29 is 9.53 Å². The second-order valence-electron chi connectivity index (χ2n) is 7.09. The van der Waals surface area contributed by atoms with Crippen LogP contribution in [0.3, 0.4) is 0 Å². The Bertz CT molecular complexity index is 730. The molecule has 1 aromatic carbocycles. The summed E-state index contributed by atoms with van der Waals surface area (Å²) < 4.78 is 6.02. The first-order chi connectivity index (χ1) is 12.2. The quantitative estimate of drug-likeness (QED) is 0.896. The van der Waals surface area contributed by atoms with Gasteiger partial charge in [-0.3, -0.25) is 9.69 Å². The summed E-state index contributed by atoms with van der Waals surface area (Å²) in [6.45, 7) is 6.72. The SMILES string of the molecule is Cc1ccsc1CN1C[C@H]2[C@@H](CNC(=O)c3ccccc3)CO[C@H]2C1. The summed E-state index contributed by atoms with van der Waals surface area (Å²) in [5.41, 5.74) is 2.11. The van der Waals surface area contributed by atoms with Crippen molar-refractivity contribution in [2.75, 3.05) is 26.2 Å². The summed E-state index contributed by atoms with van der Waals surface area (Å²) in [6.07, 6.45) is 0.318. The second-order valence-corrected chi connectivity index (χ2v) is 8.09. The van der Waals surface area contributed by atoms with Gasteiger partial charge < -0.3 is 10.1 Å². The molecule has 2 aliphatic rings. The lowest BCUT2D eigenvalue weighted by Gasteiger charge is -2.20. The molecule has 0 saturated carbocycles. The van der Waals surface area contributed by atoms with Gasteiger partial charge in [0.15, 0.2) is 0 Å². The molecular formula is C20H24N2O2S. The summed E-state index contributed by atoms with van der Waals surface area (Å²) in [5.74, 6) is 0.941. The van der Waals surface area contributed by atoms with Crippen LogP contribution in [0.2, 0.25) is 0 Å². The third-order valence-electron chi connectivity index (χ3n) is 5.41. The average molecular weight is 356 g/mol. The number of hydrogen-bond acceptors (Lipinski definition) is 4. The second kappa shape index (κ2) is 7.28. The molecule has 2 fully saturated rings. The Hall–Kier alpha value is -1.69. The summed E-state index contributed by atoms with van der Waals surface area (Å²) >= 11 is 1.84. The van der Waals surface area contributed by atoms with E-state index in [1.165, 1.54) is 10.4 Å². The van der Waals surface area contributed by atoms with Crippen molar-refractivity contribution in [3.05, 3.63) is 57.8 Å². The van der Waals surface area contributed by atoms with Gasteiger partial charge in [-0.1, -0.05) is 18.2 Å². The van der Waals surface area contributed by atoms with Crippen LogP contribution in [0.5, 0.6) is 0 Å². The van der Waals surface area contributed by atoms with Crippen molar-refractivity contribution in [1.82, 2.24) is 10.2 Å². The molecule has 2 aliphatic heterocycles. The zero-order valence-corrected chi connectivity index (χ0v) is 15.3. The van der Waals surface area contributed by atoms with Gasteiger partial charge in [-0.15, -0.1) is 11.3 Å². The van der Waals surface area contributed by atoms with Crippen LogP contribution in [0.15, 0.2) is 41.8 Å². The van der Waals surface area contributed by atoms with Crippen LogP contribution in [-0.2, 0) is 11.3 Å². The maximum atomic E-state index is 12.2. The largest absolute Gasteiger partial charge is 0.376 e.